The molecule has 0 saturated heterocycles. The maximum absolute atomic E-state index is 10.1. The summed E-state index contributed by atoms with van der Waals surface area (Å²) in [5, 5.41) is 18.2. The van der Waals surface area contributed by atoms with Gasteiger partial charge in [-0.3, -0.25) is 4.98 Å². The Hall–Kier alpha value is -2.89. The fourth-order valence-corrected chi connectivity index (χ4v) is 3.07. The maximum Gasteiger partial charge on any atom is 0.211 e. The van der Waals surface area contributed by atoms with Gasteiger partial charge in [-0.25, -0.2) is 0 Å². The molecule has 0 aliphatic heterocycles. The second-order valence-electron chi connectivity index (χ2n) is 5.69. The van der Waals surface area contributed by atoms with Gasteiger partial charge in [-0.05, 0) is 48.9 Å². The van der Waals surface area contributed by atoms with Gasteiger partial charge in [0.15, 0.2) is 0 Å². The number of aryl methyl sites for hydroxylation is 1. The van der Waals surface area contributed by atoms with E-state index in [1.165, 1.54) is 0 Å². The Balaban J connectivity index is 2.08. The fourth-order valence-electron chi connectivity index (χ4n) is 3.07. The third-order valence-corrected chi connectivity index (χ3v) is 4.07. The van der Waals surface area contributed by atoms with E-state index in [4.69, 9.17) is 11.5 Å². The number of phenols is 1. The predicted molar refractivity (Wildman–Crippen MR) is 90.5 cm³/mol. The SMILES string of the molecule is Cc1ccnc2c1/C(=N\N=C(N)N)CC(c1ccccc1O)C2. The van der Waals surface area contributed by atoms with Crippen LogP contribution in [0.2, 0.25) is 0 Å². The van der Waals surface area contributed by atoms with Gasteiger partial charge in [0.25, 0.3) is 0 Å². The van der Waals surface area contributed by atoms with Crippen molar-refractivity contribution in [1.29, 1.82) is 0 Å². The second kappa shape index (κ2) is 6.08. The molecule has 0 amide bonds. The zero-order chi connectivity index (χ0) is 16.4. The van der Waals surface area contributed by atoms with Crippen LogP contribution in [0, 0.1) is 6.92 Å². The predicted octanol–water partition coefficient (Wildman–Crippen LogP) is 1.80. The number of nitrogens with two attached hydrogens (primary N) is 2. The molecule has 0 bridgehead atoms. The minimum Gasteiger partial charge on any atom is -0.508 e. The standard InChI is InChI=1S/C17H19N5O/c1-10-6-7-20-13-8-11(12-4-2-3-5-15(12)23)9-14(16(10)13)21-22-17(18)19/h2-7,11,23H,8-9H2,1H3,(H4,18,19,22)/b21-14-. The summed E-state index contributed by atoms with van der Waals surface area (Å²) in [5.74, 6) is 0.297. The van der Waals surface area contributed by atoms with Crippen molar-refractivity contribution in [3.05, 3.63) is 58.9 Å². The van der Waals surface area contributed by atoms with Crippen LogP contribution in [0.15, 0.2) is 46.7 Å². The van der Waals surface area contributed by atoms with Crippen molar-refractivity contribution in [2.45, 2.75) is 25.7 Å². The van der Waals surface area contributed by atoms with Crippen molar-refractivity contribution in [2.75, 3.05) is 0 Å². The number of aromatic hydroxyl groups is 1. The van der Waals surface area contributed by atoms with Gasteiger partial charge in [-0.2, -0.15) is 5.10 Å². The van der Waals surface area contributed by atoms with Crippen molar-refractivity contribution in [3.63, 3.8) is 0 Å². The summed E-state index contributed by atoms with van der Waals surface area (Å²) >= 11 is 0. The van der Waals surface area contributed by atoms with E-state index < -0.39 is 0 Å². The van der Waals surface area contributed by atoms with E-state index in [2.05, 4.69) is 15.2 Å². The van der Waals surface area contributed by atoms with Gasteiger partial charge in [-0.1, -0.05) is 18.2 Å². The van der Waals surface area contributed by atoms with E-state index in [1.54, 1.807) is 12.3 Å². The molecular formula is C17H19N5O. The highest BCUT2D eigenvalue weighted by Gasteiger charge is 2.28. The Morgan fingerprint density at radius 1 is 1.22 bits per heavy atom. The largest absolute Gasteiger partial charge is 0.508 e. The lowest BCUT2D eigenvalue weighted by molar-refractivity contribution is 0.460. The number of benzene rings is 1. The molecule has 1 aromatic heterocycles. The van der Waals surface area contributed by atoms with Crippen molar-refractivity contribution in [3.8, 4) is 5.75 Å². The zero-order valence-electron chi connectivity index (χ0n) is 12.9. The van der Waals surface area contributed by atoms with Crippen LogP contribution in [0.1, 0.15) is 34.7 Å². The molecule has 2 aromatic rings. The second-order valence-corrected chi connectivity index (χ2v) is 5.69. The number of fused-ring (bicyclic) bond motifs is 1. The van der Waals surface area contributed by atoms with Crippen LogP contribution in [0.3, 0.4) is 0 Å². The van der Waals surface area contributed by atoms with E-state index in [0.29, 0.717) is 6.42 Å². The number of nitrogens with zero attached hydrogens (tertiary/aromatic N) is 3. The van der Waals surface area contributed by atoms with Gasteiger partial charge < -0.3 is 16.6 Å². The first-order valence-electron chi connectivity index (χ1n) is 7.44. The van der Waals surface area contributed by atoms with E-state index in [1.807, 2.05) is 31.2 Å². The van der Waals surface area contributed by atoms with E-state index >= 15 is 0 Å². The molecule has 1 heterocycles. The summed E-state index contributed by atoms with van der Waals surface area (Å²) in [6.07, 6.45) is 3.18. The Bertz CT molecular complexity index is 793. The number of pyridine rings is 1. The summed E-state index contributed by atoms with van der Waals surface area (Å²) in [7, 11) is 0. The summed E-state index contributed by atoms with van der Waals surface area (Å²) in [6, 6.07) is 9.30. The molecule has 1 aliphatic rings. The molecule has 0 radical (unpaired) electrons. The molecule has 6 nitrogen and oxygen atoms in total. The average Bonchev–Trinajstić information content (AvgIpc) is 2.53. The summed E-state index contributed by atoms with van der Waals surface area (Å²) in [4.78, 5) is 4.49. The Labute approximate surface area is 134 Å². The van der Waals surface area contributed by atoms with E-state index in [9.17, 15) is 5.11 Å². The van der Waals surface area contributed by atoms with E-state index in [-0.39, 0.29) is 17.6 Å². The number of hydrogen-bond acceptors (Lipinski definition) is 4. The van der Waals surface area contributed by atoms with Crippen molar-refractivity contribution >= 4 is 11.7 Å². The Morgan fingerprint density at radius 2 is 2.00 bits per heavy atom. The maximum atomic E-state index is 10.1. The highest BCUT2D eigenvalue weighted by molar-refractivity contribution is 6.04. The quantitative estimate of drug-likeness (QED) is 0.446. The summed E-state index contributed by atoms with van der Waals surface area (Å²) in [6.45, 7) is 2.02. The molecule has 0 spiro atoms. The highest BCUT2D eigenvalue weighted by atomic mass is 16.3. The molecule has 6 heteroatoms. The Kier molecular flexibility index (Phi) is 3.97. The number of guanidine groups is 1. The molecule has 118 valence electrons. The molecule has 23 heavy (non-hydrogen) atoms. The van der Waals surface area contributed by atoms with E-state index in [0.717, 1.165) is 34.5 Å². The monoisotopic (exact) mass is 309 g/mol. The van der Waals surface area contributed by atoms with Gasteiger partial charge in [-0.15, -0.1) is 5.10 Å². The lowest BCUT2D eigenvalue weighted by Crippen LogP contribution is -2.24. The lowest BCUT2D eigenvalue weighted by Gasteiger charge is -2.26. The smallest absolute Gasteiger partial charge is 0.211 e. The van der Waals surface area contributed by atoms with Crippen molar-refractivity contribution in [2.24, 2.45) is 21.7 Å². The minimum atomic E-state index is -0.0784. The summed E-state index contributed by atoms with van der Waals surface area (Å²) < 4.78 is 0. The van der Waals surface area contributed by atoms with Gasteiger partial charge in [0, 0.05) is 11.8 Å². The van der Waals surface area contributed by atoms with Crippen LogP contribution in [0.5, 0.6) is 5.75 Å². The third kappa shape index (κ3) is 3.01. The molecule has 0 fully saturated rings. The third-order valence-electron chi connectivity index (χ3n) is 4.07. The van der Waals surface area contributed by atoms with Crippen LogP contribution in [-0.4, -0.2) is 21.8 Å². The molecule has 5 N–H and O–H groups in total. The first-order chi connectivity index (χ1) is 11.1. The van der Waals surface area contributed by atoms with Gasteiger partial charge in [0.2, 0.25) is 5.96 Å². The zero-order valence-corrected chi connectivity index (χ0v) is 12.9. The first-order valence-corrected chi connectivity index (χ1v) is 7.44. The molecule has 0 saturated carbocycles. The normalized spacial score (nSPS) is 18.5. The molecule has 1 unspecified atom stereocenters. The molecule has 3 rings (SSSR count). The number of rotatable bonds is 2. The number of aromatic nitrogens is 1. The van der Waals surface area contributed by atoms with Crippen LogP contribution < -0.4 is 11.5 Å². The number of phenolic OH excluding ortho intramolecular Hbond substituents is 1. The van der Waals surface area contributed by atoms with Gasteiger partial charge in [0.05, 0.1) is 11.4 Å². The number of para-hydroxylation sites is 1. The van der Waals surface area contributed by atoms with Crippen LogP contribution in [0.4, 0.5) is 0 Å². The lowest BCUT2D eigenvalue weighted by atomic mass is 9.79. The Morgan fingerprint density at radius 3 is 2.74 bits per heavy atom. The van der Waals surface area contributed by atoms with Gasteiger partial charge in [0.1, 0.15) is 5.75 Å². The highest BCUT2D eigenvalue weighted by Crippen LogP contribution is 2.37. The fraction of sp³-hybridized carbons (Fsp3) is 0.235. The van der Waals surface area contributed by atoms with Crippen molar-refractivity contribution < 1.29 is 5.11 Å². The van der Waals surface area contributed by atoms with Crippen molar-refractivity contribution in [1.82, 2.24) is 4.98 Å². The van der Waals surface area contributed by atoms with Crippen LogP contribution in [0.25, 0.3) is 0 Å². The van der Waals surface area contributed by atoms with Crippen LogP contribution in [-0.2, 0) is 6.42 Å². The number of hydrogen-bond donors (Lipinski definition) is 3. The van der Waals surface area contributed by atoms with Gasteiger partial charge >= 0.3 is 0 Å². The molecule has 1 aliphatic carbocycles. The van der Waals surface area contributed by atoms with Crippen LogP contribution >= 0.6 is 0 Å². The molecule has 1 aromatic carbocycles. The first kappa shape index (κ1) is 15.0. The topological polar surface area (TPSA) is 110 Å². The molecular weight excluding hydrogens is 290 g/mol. The molecule has 1 atom stereocenters. The summed E-state index contributed by atoms with van der Waals surface area (Å²) in [5.41, 5.74) is 15.5. The minimum absolute atomic E-state index is 0.0784. The average molecular weight is 309 g/mol.